The van der Waals surface area contributed by atoms with E-state index in [1.165, 1.54) is 25.2 Å². The highest BCUT2D eigenvalue weighted by molar-refractivity contribution is 7.99. The Kier molecular flexibility index (Phi) is 7.43. The molecule has 2 amide bonds. The molecule has 1 aliphatic heterocycles. The molecule has 1 aliphatic carbocycles. The Morgan fingerprint density at radius 1 is 1.12 bits per heavy atom. The number of anilines is 2. The van der Waals surface area contributed by atoms with Crippen LogP contribution in [0.4, 0.5) is 11.5 Å². The number of hydrogen-bond donors (Lipinski definition) is 2. The molecule has 2 N–H and O–H groups in total. The smallest absolute Gasteiger partial charge is 0.339 e. The molecule has 2 aliphatic rings. The molecule has 1 saturated heterocycles. The van der Waals surface area contributed by atoms with Gasteiger partial charge in [0.15, 0.2) is 0 Å². The van der Waals surface area contributed by atoms with Crippen molar-refractivity contribution in [3.63, 3.8) is 0 Å². The van der Waals surface area contributed by atoms with Gasteiger partial charge in [-0.2, -0.15) is 0 Å². The Balaban J connectivity index is 1.28. The normalized spacial score (nSPS) is 16.2. The van der Waals surface area contributed by atoms with Gasteiger partial charge in [0.25, 0.3) is 0 Å². The van der Waals surface area contributed by atoms with Crippen molar-refractivity contribution in [3.8, 4) is 0 Å². The fourth-order valence-electron chi connectivity index (χ4n) is 3.71. The number of methoxy groups -OCH3 is 1. The van der Waals surface area contributed by atoms with E-state index in [9.17, 15) is 14.4 Å². The third-order valence-corrected chi connectivity index (χ3v) is 6.62. The summed E-state index contributed by atoms with van der Waals surface area (Å²) in [6, 6.07) is 8.97. The van der Waals surface area contributed by atoms with Crippen molar-refractivity contribution in [2.24, 2.45) is 5.92 Å². The van der Waals surface area contributed by atoms with Gasteiger partial charge in [0.1, 0.15) is 17.2 Å². The van der Waals surface area contributed by atoms with Crippen molar-refractivity contribution in [1.82, 2.24) is 15.3 Å². The summed E-state index contributed by atoms with van der Waals surface area (Å²) in [7, 11) is 1.30. The molecule has 174 valence electrons. The highest BCUT2D eigenvalue weighted by Crippen LogP contribution is 2.26. The van der Waals surface area contributed by atoms with Gasteiger partial charge in [0.05, 0.1) is 24.1 Å². The minimum atomic E-state index is -0.507. The topological polar surface area (TPSA) is 114 Å². The number of nitrogens with zero attached hydrogens (tertiary/aromatic N) is 3. The highest BCUT2D eigenvalue weighted by Gasteiger charge is 2.30. The molecular formula is C23H27N5O4S. The number of thioether (sulfide) groups is 1. The van der Waals surface area contributed by atoms with Crippen molar-refractivity contribution in [2.75, 3.05) is 36.2 Å². The maximum atomic E-state index is 12.4. The Labute approximate surface area is 196 Å². The molecule has 2 heterocycles. The second kappa shape index (κ2) is 10.7. The van der Waals surface area contributed by atoms with Crippen molar-refractivity contribution in [1.29, 1.82) is 0 Å². The lowest BCUT2D eigenvalue weighted by Crippen LogP contribution is -2.41. The lowest BCUT2D eigenvalue weighted by Gasteiger charge is -2.32. The van der Waals surface area contributed by atoms with Gasteiger partial charge < -0.3 is 20.3 Å². The molecular weight excluding hydrogens is 442 g/mol. The predicted molar refractivity (Wildman–Crippen MR) is 125 cm³/mol. The summed E-state index contributed by atoms with van der Waals surface area (Å²) in [5.74, 6) is 0.414. The van der Waals surface area contributed by atoms with E-state index in [-0.39, 0.29) is 23.5 Å². The monoisotopic (exact) mass is 469 g/mol. The van der Waals surface area contributed by atoms with Crippen LogP contribution < -0.4 is 15.5 Å². The van der Waals surface area contributed by atoms with Crippen LogP contribution in [0.3, 0.4) is 0 Å². The number of carbonyl (C=O) groups excluding carboxylic acids is 3. The number of aromatic nitrogens is 2. The van der Waals surface area contributed by atoms with E-state index in [4.69, 9.17) is 4.74 Å². The second-order valence-corrected chi connectivity index (χ2v) is 9.13. The number of rotatable bonds is 8. The van der Waals surface area contributed by atoms with Crippen molar-refractivity contribution < 1.29 is 19.1 Å². The van der Waals surface area contributed by atoms with Gasteiger partial charge in [-0.25, -0.2) is 14.8 Å². The van der Waals surface area contributed by atoms with E-state index < -0.39 is 5.97 Å². The second-order valence-electron chi connectivity index (χ2n) is 8.13. The molecule has 1 aromatic carbocycles. The van der Waals surface area contributed by atoms with Gasteiger partial charge in [-0.3, -0.25) is 9.59 Å². The fraction of sp³-hybridized carbons (Fsp3) is 0.435. The fourth-order valence-corrected chi connectivity index (χ4v) is 4.37. The van der Waals surface area contributed by atoms with Gasteiger partial charge in [0.2, 0.25) is 11.8 Å². The number of amides is 2. The number of carbonyl (C=O) groups is 3. The predicted octanol–water partition coefficient (Wildman–Crippen LogP) is 2.49. The number of ether oxygens (including phenoxy) is 1. The number of nitrogens with one attached hydrogen (secondary N) is 2. The first-order chi connectivity index (χ1) is 16.0. The van der Waals surface area contributed by atoms with Crippen LogP contribution in [-0.2, 0) is 14.3 Å². The first-order valence-electron chi connectivity index (χ1n) is 11.0. The Morgan fingerprint density at radius 2 is 1.88 bits per heavy atom. The van der Waals surface area contributed by atoms with Crippen LogP contribution in [-0.4, -0.2) is 59.7 Å². The van der Waals surface area contributed by atoms with Crippen LogP contribution in [0.15, 0.2) is 41.7 Å². The lowest BCUT2D eigenvalue weighted by molar-refractivity contribution is -0.125. The van der Waals surface area contributed by atoms with Crippen molar-refractivity contribution in [3.05, 3.63) is 42.2 Å². The van der Waals surface area contributed by atoms with E-state index in [1.807, 2.05) is 6.07 Å². The van der Waals surface area contributed by atoms with E-state index >= 15 is 0 Å². The molecule has 33 heavy (non-hydrogen) atoms. The Bertz CT molecular complexity index is 1020. The summed E-state index contributed by atoms with van der Waals surface area (Å²) < 4.78 is 4.76. The van der Waals surface area contributed by atoms with E-state index in [0.717, 1.165) is 44.6 Å². The molecule has 10 heteroatoms. The molecule has 0 spiro atoms. The summed E-state index contributed by atoms with van der Waals surface area (Å²) >= 11 is 1.30. The molecule has 0 atom stereocenters. The molecule has 4 rings (SSSR count). The van der Waals surface area contributed by atoms with Crippen LogP contribution in [0.25, 0.3) is 0 Å². The van der Waals surface area contributed by atoms with E-state index in [0.29, 0.717) is 22.3 Å². The molecule has 0 radical (unpaired) electrons. The first-order valence-corrected chi connectivity index (χ1v) is 12.0. The number of piperidine rings is 1. The minimum Gasteiger partial charge on any atom is -0.465 e. The summed E-state index contributed by atoms with van der Waals surface area (Å²) in [4.78, 5) is 47.4. The third kappa shape index (κ3) is 6.22. The molecule has 0 bridgehead atoms. The molecule has 2 fully saturated rings. The Hall–Kier alpha value is -3.14. The zero-order chi connectivity index (χ0) is 23.2. The summed E-state index contributed by atoms with van der Waals surface area (Å²) in [5, 5.41) is 6.54. The maximum Gasteiger partial charge on any atom is 0.339 e. The largest absolute Gasteiger partial charge is 0.465 e. The number of para-hydroxylation sites is 1. The number of benzene rings is 1. The van der Waals surface area contributed by atoms with Crippen LogP contribution in [0.5, 0.6) is 0 Å². The quantitative estimate of drug-likeness (QED) is 0.344. The average molecular weight is 470 g/mol. The van der Waals surface area contributed by atoms with Gasteiger partial charge in [-0.15, -0.1) is 0 Å². The number of esters is 1. The SMILES string of the molecule is COC(=O)c1ccccc1NC(=O)CSc1cc(N2CCC(C(=O)NC3CC3)CC2)ncn1. The van der Waals surface area contributed by atoms with E-state index in [2.05, 4.69) is 25.5 Å². The standard InChI is InChI=1S/C23H27N5O4S/c1-32-23(31)17-4-2-3-5-18(17)27-20(29)13-33-21-12-19(24-14-25-21)28-10-8-15(9-11-28)22(30)26-16-6-7-16/h2-5,12,14-16H,6-11,13H2,1H3,(H,26,30)(H,27,29). The van der Waals surface area contributed by atoms with E-state index in [1.54, 1.807) is 24.3 Å². The Morgan fingerprint density at radius 3 is 2.61 bits per heavy atom. The van der Waals surface area contributed by atoms with Crippen molar-refractivity contribution >= 4 is 41.1 Å². The zero-order valence-corrected chi connectivity index (χ0v) is 19.3. The van der Waals surface area contributed by atoms with Crippen LogP contribution in [0.1, 0.15) is 36.0 Å². The van der Waals surface area contributed by atoms with Crippen LogP contribution >= 0.6 is 11.8 Å². The van der Waals surface area contributed by atoms with Gasteiger partial charge in [0, 0.05) is 31.1 Å². The molecule has 1 aromatic heterocycles. The van der Waals surface area contributed by atoms with Gasteiger partial charge in [-0.1, -0.05) is 23.9 Å². The van der Waals surface area contributed by atoms with Gasteiger partial charge >= 0.3 is 5.97 Å². The molecule has 1 saturated carbocycles. The highest BCUT2D eigenvalue weighted by atomic mass is 32.2. The zero-order valence-electron chi connectivity index (χ0n) is 18.5. The molecule has 2 aromatic rings. The molecule has 0 unspecified atom stereocenters. The summed E-state index contributed by atoms with van der Waals surface area (Å²) in [6.07, 6.45) is 5.29. The van der Waals surface area contributed by atoms with Crippen LogP contribution in [0.2, 0.25) is 0 Å². The van der Waals surface area contributed by atoms with Crippen molar-refractivity contribution in [2.45, 2.75) is 36.8 Å². The first kappa shape index (κ1) is 23.0. The number of hydrogen-bond acceptors (Lipinski definition) is 8. The van der Waals surface area contributed by atoms with Gasteiger partial charge in [-0.05, 0) is 37.8 Å². The summed E-state index contributed by atoms with van der Waals surface area (Å²) in [5.41, 5.74) is 0.712. The molecule has 9 nitrogen and oxygen atoms in total. The third-order valence-electron chi connectivity index (χ3n) is 5.70. The lowest BCUT2D eigenvalue weighted by atomic mass is 9.96. The maximum absolute atomic E-state index is 12.4. The average Bonchev–Trinajstić information content (AvgIpc) is 3.67. The van der Waals surface area contributed by atoms with Crippen LogP contribution in [0, 0.1) is 5.92 Å². The minimum absolute atomic E-state index is 0.0640. The summed E-state index contributed by atoms with van der Waals surface area (Å²) in [6.45, 7) is 1.52.